The highest BCUT2D eigenvalue weighted by atomic mass is 16.2. The zero-order valence-corrected chi connectivity index (χ0v) is 14.6. The van der Waals surface area contributed by atoms with Gasteiger partial charge in [-0.05, 0) is 55.6 Å². The molecule has 0 saturated carbocycles. The van der Waals surface area contributed by atoms with Crippen molar-refractivity contribution in [2.75, 3.05) is 18.4 Å². The van der Waals surface area contributed by atoms with Crippen LogP contribution in [-0.2, 0) is 7.05 Å². The van der Waals surface area contributed by atoms with Gasteiger partial charge in [0.2, 0.25) is 0 Å². The first-order valence-electron chi connectivity index (χ1n) is 8.78. The van der Waals surface area contributed by atoms with Crippen LogP contribution in [0.4, 0.5) is 5.69 Å². The molecule has 2 N–H and O–H groups in total. The highest BCUT2D eigenvalue weighted by molar-refractivity contribution is 6.04. The number of carbonyl (C=O) groups excluding carboxylic acids is 1. The maximum atomic E-state index is 12.8. The van der Waals surface area contributed by atoms with Crippen LogP contribution in [0.3, 0.4) is 0 Å². The summed E-state index contributed by atoms with van der Waals surface area (Å²) in [5.41, 5.74) is 1.06. The fraction of sp³-hybridized carbons (Fsp3) is 0.316. The van der Waals surface area contributed by atoms with Gasteiger partial charge >= 0.3 is 0 Å². The number of nitrogens with one attached hydrogen (secondary N) is 2. The van der Waals surface area contributed by atoms with Gasteiger partial charge in [-0.3, -0.25) is 14.3 Å². The second-order valence-electron chi connectivity index (χ2n) is 6.63. The molecule has 1 fully saturated rings. The van der Waals surface area contributed by atoms with Crippen LogP contribution in [0.25, 0.3) is 10.8 Å². The van der Waals surface area contributed by atoms with E-state index >= 15 is 0 Å². The van der Waals surface area contributed by atoms with Crippen LogP contribution >= 0.6 is 0 Å². The summed E-state index contributed by atoms with van der Waals surface area (Å²) in [6.07, 6.45) is 5.30. The average Bonchev–Trinajstić information content (AvgIpc) is 3.16. The van der Waals surface area contributed by atoms with E-state index in [0.29, 0.717) is 16.8 Å². The van der Waals surface area contributed by atoms with Gasteiger partial charge in [-0.25, -0.2) is 0 Å². The minimum absolute atomic E-state index is 0.0849. The first kappa shape index (κ1) is 16.5. The van der Waals surface area contributed by atoms with Crippen molar-refractivity contribution in [2.24, 2.45) is 7.05 Å². The van der Waals surface area contributed by atoms with E-state index in [0.717, 1.165) is 31.3 Å². The number of aryl methyl sites for hydroxylation is 1. The maximum absolute atomic E-state index is 12.8. The number of nitrogens with zero attached hydrogens (tertiary/aromatic N) is 3. The number of carbonyl (C=O) groups is 1. The molecule has 0 aliphatic carbocycles. The fourth-order valence-electron chi connectivity index (χ4n) is 3.45. The molecule has 4 rings (SSSR count). The van der Waals surface area contributed by atoms with Crippen LogP contribution < -0.4 is 16.2 Å². The highest BCUT2D eigenvalue weighted by Gasteiger charge is 2.21. The van der Waals surface area contributed by atoms with Crippen LogP contribution in [0.15, 0.2) is 47.5 Å². The summed E-state index contributed by atoms with van der Waals surface area (Å²) in [4.78, 5) is 25.0. The highest BCUT2D eigenvalue weighted by Crippen LogP contribution is 2.21. The van der Waals surface area contributed by atoms with Crippen molar-refractivity contribution >= 4 is 22.4 Å². The first-order chi connectivity index (χ1) is 12.6. The van der Waals surface area contributed by atoms with Crippen LogP contribution in [0.1, 0.15) is 29.4 Å². The Bertz CT molecular complexity index is 1010. The lowest BCUT2D eigenvalue weighted by Gasteiger charge is -2.24. The van der Waals surface area contributed by atoms with Crippen molar-refractivity contribution in [3.8, 4) is 0 Å². The van der Waals surface area contributed by atoms with E-state index in [-0.39, 0.29) is 17.5 Å². The summed E-state index contributed by atoms with van der Waals surface area (Å²) >= 11 is 0. The van der Waals surface area contributed by atoms with Gasteiger partial charge < -0.3 is 15.2 Å². The van der Waals surface area contributed by atoms with Crippen LogP contribution in [0, 0.1) is 0 Å². The Labute approximate surface area is 150 Å². The molecule has 3 heterocycles. The van der Waals surface area contributed by atoms with Gasteiger partial charge in [-0.2, -0.15) is 5.10 Å². The number of anilines is 1. The third-order valence-electron chi connectivity index (χ3n) is 4.90. The molecule has 0 atom stereocenters. The molecule has 0 unspecified atom stereocenters. The third-order valence-corrected chi connectivity index (χ3v) is 4.90. The Hall–Kier alpha value is -2.93. The molecule has 0 spiro atoms. The zero-order valence-electron chi connectivity index (χ0n) is 14.6. The quantitative estimate of drug-likeness (QED) is 0.755. The molecule has 1 aliphatic heterocycles. The van der Waals surface area contributed by atoms with Crippen molar-refractivity contribution in [2.45, 2.75) is 18.9 Å². The number of benzene rings is 1. The smallest absolute Gasteiger partial charge is 0.273 e. The number of amides is 1. The summed E-state index contributed by atoms with van der Waals surface area (Å²) in [6, 6.07) is 9.23. The molecule has 0 bridgehead atoms. The summed E-state index contributed by atoms with van der Waals surface area (Å²) in [5.74, 6) is -0.215. The Morgan fingerprint density at radius 1 is 1.23 bits per heavy atom. The van der Waals surface area contributed by atoms with Gasteiger partial charge in [0.05, 0.1) is 6.04 Å². The molecule has 0 radical (unpaired) electrons. The second kappa shape index (κ2) is 6.76. The summed E-state index contributed by atoms with van der Waals surface area (Å²) in [5, 5.41) is 12.0. The van der Waals surface area contributed by atoms with E-state index in [1.807, 2.05) is 22.9 Å². The van der Waals surface area contributed by atoms with Gasteiger partial charge in [0.1, 0.15) is 5.69 Å². The predicted molar refractivity (Wildman–Crippen MR) is 101 cm³/mol. The SMILES string of the molecule is Cn1ccc2ccc(NC(=O)c3ccnn3C3CCNCC3)cc2c1=O. The third kappa shape index (κ3) is 3.01. The molecule has 26 heavy (non-hydrogen) atoms. The lowest BCUT2D eigenvalue weighted by Crippen LogP contribution is -2.31. The Morgan fingerprint density at radius 3 is 2.85 bits per heavy atom. The van der Waals surface area contributed by atoms with Crippen molar-refractivity contribution in [3.63, 3.8) is 0 Å². The molecule has 1 aromatic carbocycles. The molecule has 3 aromatic rings. The van der Waals surface area contributed by atoms with Gasteiger partial charge in [0.15, 0.2) is 0 Å². The molecular weight excluding hydrogens is 330 g/mol. The molecule has 2 aromatic heterocycles. The number of fused-ring (bicyclic) bond motifs is 1. The van der Waals surface area contributed by atoms with Gasteiger partial charge in [0.25, 0.3) is 11.5 Å². The first-order valence-corrected chi connectivity index (χ1v) is 8.78. The second-order valence-corrected chi connectivity index (χ2v) is 6.63. The van der Waals surface area contributed by atoms with Gasteiger partial charge in [-0.1, -0.05) is 6.07 Å². The number of piperidine rings is 1. The predicted octanol–water partition coefficient (Wildman–Crippen LogP) is 1.91. The van der Waals surface area contributed by atoms with E-state index in [1.54, 1.807) is 31.6 Å². The van der Waals surface area contributed by atoms with E-state index < -0.39 is 0 Å². The van der Waals surface area contributed by atoms with Crippen LogP contribution in [0.2, 0.25) is 0 Å². The molecule has 7 heteroatoms. The normalized spacial score (nSPS) is 15.3. The fourth-order valence-corrected chi connectivity index (χ4v) is 3.45. The molecule has 1 saturated heterocycles. The van der Waals surface area contributed by atoms with Crippen LogP contribution in [0.5, 0.6) is 0 Å². The number of rotatable bonds is 3. The molecule has 134 valence electrons. The average molecular weight is 351 g/mol. The number of aromatic nitrogens is 3. The standard InChI is InChI=1S/C19H21N5O2/c1-23-11-7-13-2-3-14(12-16(13)19(23)26)22-18(25)17-6-10-21-24(17)15-4-8-20-9-5-15/h2-3,6-7,10-12,15,20H,4-5,8-9H2,1H3,(H,22,25). The topological polar surface area (TPSA) is 81.0 Å². The molecular formula is C19H21N5O2. The lowest BCUT2D eigenvalue weighted by atomic mass is 10.1. The van der Waals surface area contributed by atoms with E-state index in [2.05, 4.69) is 15.7 Å². The molecule has 1 amide bonds. The van der Waals surface area contributed by atoms with E-state index in [4.69, 9.17) is 0 Å². The maximum Gasteiger partial charge on any atom is 0.273 e. The van der Waals surface area contributed by atoms with Crippen LogP contribution in [-0.4, -0.2) is 33.3 Å². The minimum Gasteiger partial charge on any atom is -0.321 e. The van der Waals surface area contributed by atoms with E-state index in [9.17, 15) is 9.59 Å². The number of hydrogen-bond donors (Lipinski definition) is 2. The Kier molecular flexibility index (Phi) is 4.30. The van der Waals surface area contributed by atoms with Crippen molar-refractivity contribution < 1.29 is 4.79 Å². The Balaban J connectivity index is 1.61. The number of hydrogen-bond acceptors (Lipinski definition) is 4. The zero-order chi connectivity index (χ0) is 18.1. The van der Waals surface area contributed by atoms with Crippen molar-refractivity contribution in [3.05, 3.63) is 58.8 Å². The molecule has 7 nitrogen and oxygen atoms in total. The van der Waals surface area contributed by atoms with E-state index in [1.165, 1.54) is 4.57 Å². The van der Waals surface area contributed by atoms with Gasteiger partial charge in [0, 0.05) is 30.5 Å². The monoisotopic (exact) mass is 351 g/mol. The van der Waals surface area contributed by atoms with Crippen molar-refractivity contribution in [1.29, 1.82) is 0 Å². The molecule has 1 aliphatic rings. The summed E-state index contributed by atoms with van der Waals surface area (Å²) < 4.78 is 3.34. The number of pyridine rings is 1. The Morgan fingerprint density at radius 2 is 2.04 bits per heavy atom. The van der Waals surface area contributed by atoms with Crippen molar-refractivity contribution in [1.82, 2.24) is 19.7 Å². The summed E-state index contributed by atoms with van der Waals surface area (Å²) in [7, 11) is 1.71. The van der Waals surface area contributed by atoms with Gasteiger partial charge in [-0.15, -0.1) is 0 Å². The minimum atomic E-state index is -0.215. The summed E-state index contributed by atoms with van der Waals surface area (Å²) in [6.45, 7) is 1.86. The lowest BCUT2D eigenvalue weighted by molar-refractivity contribution is 0.101. The largest absolute Gasteiger partial charge is 0.321 e.